The summed E-state index contributed by atoms with van der Waals surface area (Å²) >= 11 is 0. The number of nitrogens with two attached hydrogens (primary N) is 1. The Labute approximate surface area is 114 Å². The van der Waals surface area contributed by atoms with Gasteiger partial charge in [0, 0.05) is 24.9 Å². The Kier molecular flexibility index (Phi) is 4.22. The second kappa shape index (κ2) is 5.72. The number of hydrogen-bond acceptors (Lipinski definition) is 3. The summed E-state index contributed by atoms with van der Waals surface area (Å²) in [4.78, 5) is 13.9. The highest BCUT2D eigenvalue weighted by atomic mass is 16.5. The van der Waals surface area contributed by atoms with Crippen LogP contribution in [0.15, 0.2) is 18.2 Å². The number of carbonyl (C=O) groups excluding carboxylic acids is 1. The van der Waals surface area contributed by atoms with Gasteiger partial charge in [0.05, 0.1) is 0 Å². The fourth-order valence-electron chi connectivity index (χ4n) is 2.76. The monoisotopic (exact) mass is 262 g/mol. The third-order valence-electron chi connectivity index (χ3n) is 3.45. The second-order valence-electron chi connectivity index (χ2n) is 5.39. The van der Waals surface area contributed by atoms with Crippen LogP contribution >= 0.6 is 0 Å². The first-order valence-corrected chi connectivity index (χ1v) is 6.71. The van der Waals surface area contributed by atoms with E-state index in [4.69, 9.17) is 10.5 Å². The minimum Gasteiger partial charge on any atom is -0.375 e. The van der Waals surface area contributed by atoms with Crippen molar-refractivity contribution in [2.75, 3.05) is 18.6 Å². The average Bonchev–Trinajstić information content (AvgIpc) is 2.63. The maximum absolute atomic E-state index is 12.1. The smallest absolute Gasteiger partial charge is 0.253 e. The molecule has 19 heavy (non-hydrogen) atoms. The third kappa shape index (κ3) is 2.96. The van der Waals surface area contributed by atoms with Gasteiger partial charge in [-0.15, -0.1) is 0 Å². The molecule has 4 heteroatoms. The van der Waals surface area contributed by atoms with Crippen molar-refractivity contribution < 1.29 is 9.53 Å². The lowest BCUT2D eigenvalue weighted by atomic mass is 10.0. The van der Waals surface area contributed by atoms with Gasteiger partial charge >= 0.3 is 0 Å². The first-order chi connectivity index (χ1) is 9.02. The lowest BCUT2D eigenvalue weighted by molar-refractivity contribution is -0.122. The fourth-order valence-corrected chi connectivity index (χ4v) is 2.76. The highest BCUT2D eigenvalue weighted by Crippen LogP contribution is 2.33. The molecule has 0 fully saturated rings. The summed E-state index contributed by atoms with van der Waals surface area (Å²) in [5.41, 5.74) is 9.32. The Hall–Kier alpha value is -1.39. The molecule has 0 aliphatic carbocycles. The first-order valence-electron chi connectivity index (χ1n) is 6.71. The van der Waals surface area contributed by atoms with Gasteiger partial charge in [-0.25, -0.2) is 0 Å². The van der Waals surface area contributed by atoms with Crippen LogP contribution in [0.3, 0.4) is 0 Å². The van der Waals surface area contributed by atoms with Crippen molar-refractivity contribution in [1.82, 2.24) is 0 Å². The molecular formula is C15H22N2O2. The summed E-state index contributed by atoms with van der Waals surface area (Å²) in [6, 6.07) is 6.62. The molecule has 2 unspecified atom stereocenters. The maximum Gasteiger partial charge on any atom is 0.253 e. The third-order valence-corrected chi connectivity index (χ3v) is 3.45. The number of rotatable bonds is 4. The van der Waals surface area contributed by atoms with E-state index in [0.29, 0.717) is 0 Å². The van der Waals surface area contributed by atoms with E-state index in [1.165, 1.54) is 11.1 Å². The van der Waals surface area contributed by atoms with Gasteiger partial charge in [0.1, 0.15) is 6.61 Å². The van der Waals surface area contributed by atoms with Crippen molar-refractivity contribution in [3.8, 4) is 0 Å². The van der Waals surface area contributed by atoms with E-state index < -0.39 is 0 Å². The Morgan fingerprint density at radius 3 is 2.95 bits per heavy atom. The molecule has 0 radical (unpaired) electrons. The van der Waals surface area contributed by atoms with Crippen LogP contribution in [0.25, 0.3) is 0 Å². The van der Waals surface area contributed by atoms with Crippen LogP contribution in [0.5, 0.6) is 0 Å². The number of amides is 1. The highest BCUT2D eigenvalue weighted by molar-refractivity contribution is 5.97. The van der Waals surface area contributed by atoms with Crippen molar-refractivity contribution in [1.29, 1.82) is 0 Å². The van der Waals surface area contributed by atoms with Crippen LogP contribution in [0, 0.1) is 0 Å². The van der Waals surface area contributed by atoms with E-state index in [9.17, 15) is 4.79 Å². The molecule has 0 aromatic heterocycles. The molecule has 1 aliphatic rings. The molecule has 2 rings (SSSR count). The minimum absolute atomic E-state index is 0.0219. The van der Waals surface area contributed by atoms with Gasteiger partial charge < -0.3 is 15.4 Å². The number of fused-ring (bicyclic) bond motifs is 1. The van der Waals surface area contributed by atoms with Gasteiger partial charge in [-0.2, -0.15) is 0 Å². The van der Waals surface area contributed by atoms with E-state index in [-0.39, 0.29) is 24.6 Å². The zero-order valence-corrected chi connectivity index (χ0v) is 11.8. The lowest BCUT2D eigenvalue weighted by Crippen LogP contribution is -2.38. The molecule has 1 heterocycles. The predicted octanol–water partition coefficient (Wildman–Crippen LogP) is 1.50. The van der Waals surface area contributed by atoms with Crippen molar-refractivity contribution in [3.63, 3.8) is 0 Å². The number of hydrogen-bond donors (Lipinski definition) is 1. The van der Waals surface area contributed by atoms with E-state index in [0.717, 1.165) is 18.5 Å². The topological polar surface area (TPSA) is 55.6 Å². The summed E-state index contributed by atoms with van der Waals surface area (Å²) in [6.07, 6.45) is 1.77. The fraction of sp³-hybridized carbons (Fsp3) is 0.533. The summed E-state index contributed by atoms with van der Waals surface area (Å²) < 4.78 is 4.95. The molecule has 2 atom stereocenters. The van der Waals surface area contributed by atoms with Gasteiger partial charge in [0.25, 0.3) is 5.91 Å². The SMILES string of the molecule is COCC(=O)N1c2ccc(CC(C)N)cc2CC1C. The number of methoxy groups -OCH3 is 1. The number of anilines is 1. The summed E-state index contributed by atoms with van der Waals surface area (Å²) in [6.45, 7) is 4.20. The molecule has 1 aromatic carbocycles. The summed E-state index contributed by atoms with van der Waals surface area (Å²) in [5.74, 6) is 0.0219. The maximum atomic E-state index is 12.1. The Morgan fingerprint density at radius 1 is 1.58 bits per heavy atom. The Balaban J connectivity index is 2.24. The van der Waals surface area contributed by atoms with Crippen LogP contribution in [0.1, 0.15) is 25.0 Å². The van der Waals surface area contributed by atoms with Gasteiger partial charge in [0.2, 0.25) is 0 Å². The molecule has 2 N–H and O–H groups in total. The molecule has 0 saturated carbocycles. The largest absolute Gasteiger partial charge is 0.375 e. The van der Waals surface area contributed by atoms with Crippen LogP contribution in [0.4, 0.5) is 5.69 Å². The zero-order chi connectivity index (χ0) is 14.0. The molecule has 104 valence electrons. The van der Waals surface area contributed by atoms with Crippen LogP contribution < -0.4 is 10.6 Å². The van der Waals surface area contributed by atoms with E-state index in [2.05, 4.69) is 19.1 Å². The van der Waals surface area contributed by atoms with Gasteiger partial charge in [-0.1, -0.05) is 12.1 Å². The number of benzene rings is 1. The standard InChI is InChI=1S/C15H22N2O2/c1-10(16)6-12-4-5-14-13(8-12)7-11(2)17(14)15(18)9-19-3/h4-5,8,10-11H,6-7,9,16H2,1-3H3. The Morgan fingerprint density at radius 2 is 2.32 bits per heavy atom. The normalized spacial score (nSPS) is 19.4. The lowest BCUT2D eigenvalue weighted by Gasteiger charge is -2.22. The molecule has 4 nitrogen and oxygen atoms in total. The first kappa shape index (κ1) is 14.0. The molecule has 1 aromatic rings. The van der Waals surface area contributed by atoms with Crippen LogP contribution in [0.2, 0.25) is 0 Å². The number of carbonyl (C=O) groups is 1. The molecular weight excluding hydrogens is 240 g/mol. The highest BCUT2D eigenvalue weighted by Gasteiger charge is 2.30. The second-order valence-corrected chi connectivity index (χ2v) is 5.39. The minimum atomic E-state index is 0.0219. The van der Waals surface area contributed by atoms with Crippen LogP contribution in [-0.4, -0.2) is 31.7 Å². The average molecular weight is 262 g/mol. The van der Waals surface area contributed by atoms with Crippen molar-refractivity contribution in [2.24, 2.45) is 5.73 Å². The van der Waals surface area contributed by atoms with Crippen molar-refractivity contribution >= 4 is 11.6 Å². The molecule has 0 saturated heterocycles. The Bertz CT molecular complexity index is 471. The van der Waals surface area contributed by atoms with Crippen molar-refractivity contribution in [3.05, 3.63) is 29.3 Å². The van der Waals surface area contributed by atoms with E-state index in [1.807, 2.05) is 17.9 Å². The molecule has 1 aliphatic heterocycles. The van der Waals surface area contributed by atoms with Gasteiger partial charge in [-0.3, -0.25) is 4.79 Å². The van der Waals surface area contributed by atoms with Gasteiger partial charge in [0.15, 0.2) is 0 Å². The summed E-state index contributed by atoms with van der Waals surface area (Å²) in [7, 11) is 1.55. The number of ether oxygens (including phenoxy) is 1. The number of nitrogens with zero attached hydrogens (tertiary/aromatic N) is 1. The molecule has 0 spiro atoms. The summed E-state index contributed by atoms with van der Waals surface area (Å²) in [5, 5.41) is 0. The molecule has 1 amide bonds. The zero-order valence-electron chi connectivity index (χ0n) is 11.8. The molecule has 0 bridgehead atoms. The van der Waals surface area contributed by atoms with E-state index in [1.54, 1.807) is 7.11 Å². The predicted molar refractivity (Wildman–Crippen MR) is 76.3 cm³/mol. The quantitative estimate of drug-likeness (QED) is 0.894. The van der Waals surface area contributed by atoms with Crippen molar-refractivity contribution in [2.45, 2.75) is 38.8 Å². The van der Waals surface area contributed by atoms with Gasteiger partial charge in [-0.05, 0) is 43.9 Å². The van der Waals surface area contributed by atoms with E-state index >= 15 is 0 Å². The van der Waals surface area contributed by atoms with Crippen LogP contribution in [-0.2, 0) is 22.4 Å².